The predicted octanol–water partition coefficient (Wildman–Crippen LogP) is 0.838. The molecule has 112 valence electrons. The maximum absolute atomic E-state index is 12.8. The normalized spacial score (nSPS) is 12.2. The highest BCUT2D eigenvalue weighted by molar-refractivity contribution is 7.91. The van der Waals surface area contributed by atoms with E-state index < -0.39 is 34.8 Å². The molecule has 1 aromatic rings. The van der Waals surface area contributed by atoms with Crippen molar-refractivity contribution in [3.05, 3.63) is 29.8 Å². The highest BCUT2D eigenvalue weighted by Crippen LogP contribution is 2.17. The van der Waals surface area contributed by atoms with Crippen molar-refractivity contribution in [2.75, 3.05) is 18.9 Å². The number of amides is 1. The Balaban J connectivity index is 3.01. The molecule has 20 heavy (non-hydrogen) atoms. The van der Waals surface area contributed by atoms with Crippen LogP contribution in [0.2, 0.25) is 0 Å². The molecule has 2 N–H and O–H groups in total. The molecule has 5 nitrogen and oxygen atoms in total. The molecule has 8 heteroatoms. The Bertz CT molecular complexity index is 587. The van der Waals surface area contributed by atoms with Gasteiger partial charge in [0.15, 0.2) is 9.84 Å². The zero-order valence-corrected chi connectivity index (χ0v) is 11.6. The molecule has 1 amide bonds. The van der Waals surface area contributed by atoms with Gasteiger partial charge in [-0.1, -0.05) is 19.1 Å². The standard InChI is InChI=1S/C12H15F2NO4S/c1-2-20(18,19)10-6-4-3-5-9(10)11(17)15-7-12(13,14)8-16/h3-6,16H,2,7-8H2,1H3,(H,15,17). The zero-order chi connectivity index (χ0) is 15.4. The van der Waals surface area contributed by atoms with Crippen LogP contribution in [0.25, 0.3) is 0 Å². The Morgan fingerprint density at radius 3 is 2.50 bits per heavy atom. The first-order valence-corrected chi connectivity index (χ1v) is 7.47. The number of rotatable bonds is 6. The van der Waals surface area contributed by atoms with Crippen LogP contribution in [-0.4, -0.2) is 44.3 Å². The molecule has 0 saturated carbocycles. The molecule has 0 bridgehead atoms. The van der Waals surface area contributed by atoms with E-state index in [1.807, 2.05) is 5.32 Å². The summed E-state index contributed by atoms with van der Waals surface area (Å²) in [5.74, 6) is -4.58. The van der Waals surface area contributed by atoms with Crippen molar-refractivity contribution in [3.63, 3.8) is 0 Å². The Morgan fingerprint density at radius 2 is 1.95 bits per heavy atom. The topological polar surface area (TPSA) is 83.5 Å². The lowest BCUT2D eigenvalue weighted by Gasteiger charge is -2.15. The Labute approximate surface area is 115 Å². The van der Waals surface area contributed by atoms with E-state index in [-0.39, 0.29) is 16.2 Å². The molecule has 0 aliphatic rings. The van der Waals surface area contributed by atoms with Crippen LogP contribution in [0.4, 0.5) is 8.78 Å². The predicted molar refractivity (Wildman–Crippen MR) is 68.5 cm³/mol. The highest BCUT2D eigenvalue weighted by Gasteiger charge is 2.29. The van der Waals surface area contributed by atoms with E-state index in [0.29, 0.717) is 0 Å². The second-order valence-corrected chi connectivity index (χ2v) is 6.34. The van der Waals surface area contributed by atoms with Crippen molar-refractivity contribution < 1.29 is 27.1 Å². The van der Waals surface area contributed by atoms with Crippen LogP contribution in [0, 0.1) is 0 Å². The van der Waals surface area contributed by atoms with Gasteiger partial charge in [-0.25, -0.2) is 17.2 Å². The van der Waals surface area contributed by atoms with Crippen LogP contribution in [0.5, 0.6) is 0 Å². The lowest BCUT2D eigenvalue weighted by atomic mass is 10.2. The smallest absolute Gasteiger partial charge is 0.287 e. The summed E-state index contributed by atoms with van der Waals surface area (Å²) in [4.78, 5) is 11.6. The molecular formula is C12H15F2NO4S. The number of hydrogen-bond acceptors (Lipinski definition) is 4. The van der Waals surface area contributed by atoms with Crippen molar-refractivity contribution in [3.8, 4) is 0 Å². The van der Waals surface area contributed by atoms with Gasteiger partial charge < -0.3 is 10.4 Å². The van der Waals surface area contributed by atoms with Gasteiger partial charge in [-0.15, -0.1) is 0 Å². The van der Waals surface area contributed by atoms with Gasteiger partial charge in [0.05, 0.1) is 22.8 Å². The highest BCUT2D eigenvalue weighted by atomic mass is 32.2. The molecule has 0 aromatic heterocycles. The average molecular weight is 307 g/mol. The van der Waals surface area contributed by atoms with E-state index in [9.17, 15) is 22.0 Å². The second-order valence-electron chi connectivity index (χ2n) is 4.10. The molecule has 0 atom stereocenters. The van der Waals surface area contributed by atoms with E-state index >= 15 is 0 Å². The van der Waals surface area contributed by atoms with Crippen molar-refractivity contribution in [1.29, 1.82) is 0 Å². The molecule has 0 aliphatic carbocycles. The van der Waals surface area contributed by atoms with Crippen LogP contribution in [-0.2, 0) is 9.84 Å². The molecule has 0 unspecified atom stereocenters. The van der Waals surface area contributed by atoms with E-state index in [0.717, 1.165) is 0 Å². The Kier molecular flexibility index (Phi) is 5.18. The summed E-state index contributed by atoms with van der Waals surface area (Å²) in [7, 11) is -3.63. The maximum atomic E-state index is 12.8. The van der Waals surface area contributed by atoms with Crippen LogP contribution in [0.15, 0.2) is 29.2 Å². The van der Waals surface area contributed by atoms with Crippen molar-refractivity contribution in [2.24, 2.45) is 0 Å². The number of aliphatic hydroxyl groups excluding tert-OH is 1. The molecule has 1 aromatic carbocycles. The minimum absolute atomic E-state index is 0.192. The third-order valence-electron chi connectivity index (χ3n) is 2.59. The fourth-order valence-electron chi connectivity index (χ4n) is 1.44. The van der Waals surface area contributed by atoms with Gasteiger partial charge >= 0.3 is 0 Å². The second kappa shape index (κ2) is 6.27. The first-order valence-electron chi connectivity index (χ1n) is 5.82. The number of benzene rings is 1. The maximum Gasteiger partial charge on any atom is 0.287 e. The van der Waals surface area contributed by atoms with E-state index in [4.69, 9.17) is 5.11 Å². The summed E-state index contributed by atoms with van der Waals surface area (Å²) in [6.45, 7) is -1.05. The fraction of sp³-hybridized carbons (Fsp3) is 0.417. The lowest BCUT2D eigenvalue weighted by Crippen LogP contribution is -2.39. The molecule has 0 saturated heterocycles. The number of hydrogen-bond donors (Lipinski definition) is 2. The van der Waals surface area contributed by atoms with Crippen LogP contribution in [0.1, 0.15) is 17.3 Å². The number of alkyl halides is 2. The summed E-state index contributed by atoms with van der Waals surface area (Å²) in [6, 6.07) is 5.38. The Morgan fingerprint density at radius 1 is 1.35 bits per heavy atom. The third kappa shape index (κ3) is 3.97. The lowest BCUT2D eigenvalue weighted by molar-refractivity contribution is -0.0462. The summed E-state index contributed by atoms with van der Waals surface area (Å²) in [5.41, 5.74) is -0.192. The molecule has 1 rings (SSSR count). The number of aliphatic hydroxyl groups is 1. The minimum atomic E-state index is -3.63. The van der Waals surface area contributed by atoms with Crippen molar-refractivity contribution in [2.45, 2.75) is 17.7 Å². The third-order valence-corrected chi connectivity index (χ3v) is 4.37. The molecular weight excluding hydrogens is 292 g/mol. The van der Waals surface area contributed by atoms with Crippen molar-refractivity contribution in [1.82, 2.24) is 5.32 Å². The summed E-state index contributed by atoms with van der Waals surface area (Å²) in [5, 5.41) is 10.3. The number of carbonyl (C=O) groups excluding carboxylic acids is 1. The van der Waals surface area contributed by atoms with Crippen LogP contribution >= 0.6 is 0 Å². The number of sulfone groups is 1. The van der Waals surface area contributed by atoms with Crippen LogP contribution in [0.3, 0.4) is 0 Å². The fourth-order valence-corrected chi connectivity index (χ4v) is 2.53. The molecule has 0 aliphatic heterocycles. The quantitative estimate of drug-likeness (QED) is 0.815. The van der Waals surface area contributed by atoms with Gasteiger partial charge in [-0.3, -0.25) is 4.79 Å². The van der Waals surface area contributed by atoms with Gasteiger partial charge in [0.1, 0.15) is 6.61 Å². The largest absolute Gasteiger partial charge is 0.390 e. The van der Waals surface area contributed by atoms with Gasteiger partial charge in [0.2, 0.25) is 0 Å². The molecule has 0 heterocycles. The number of carbonyl (C=O) groups is 1. The molecule has 0 fully saturated rings. The van der Waals surface area contributed by atoms with Gasteiger partial charge in [-0.05, 0) is 12.1 Å². The van der Waals surface area contributed by atoms with E-state index in [1.54, 1.807) is 0 Å². The average Bonchev–Trinajstić information content (AvgIpc) is 2.45. The number of halogens is 2. The molecule has 0 radical (unpaired) electrons. The molecule has 0 spiro atoms. The monoisotopic (exact) mass is 307 g/mol. The summed E-state index contributed by atoms with van der Waals surface area (Å²) >= 11 is 0. The minimum Gasteiger partial charge on any atom is -0.390 e. The van der Waals surface area contributed by atoms with Crippen molar-refractivity contribution >= 4 is 15.7 Å². The first kappa shape index (κ1) is 16.5. The van der Waals surface area contributed by atoms with E-state index in [1.165, 1.54) is 31.2 Å². The van der Waals surface area contributed by atoms with Gasteiger partial charge in [-0.2, -0.15) is 0 Å². The van der Waals surface area contributed by atoms with Gasteiger partial charge in [0, 0.05) is 0 Å². The first-order chi connectivity index (χ1) is 9.23. The van der Waals surface area contributed by atoms with Crippen LogP contribution < -0.4 is 5.32 Å². The van der Waals surface area contributed by atoms with E-state index in [2.05, 4.69) is 0 Å². The summed E-state index contributed by atoms with van der Waals surface area (Å²) < 4.78 is 49.3. The SMILES string of the molecule is CCS(=O)(=O)c1ccccc1C(=O)NCC(F)(F)CO. The van der Waals surface area contributed by atoms with Gasteiger partial charge in [0.25, 0.3) is 11.8 Å². The number of nitrogens with one attached hydrogen (secondary N) is 1. The zero-order valence-electron chi connectivity index (χ0n) is 10.8. The summed E-state index contributed by atoms with van der Waals surface area (Å²) in [6.07, 6.45) is 0. The Hall–Kier alpha value is -1.54.